The maximum absolute atomic E-state index is 9.18. The standard InChI is InChI=1S/C8H13NO3/c1-5(2)6-3-8(12-9-6)7(11)4-10/h7-8,10-11H,1,3-4H2,2H3. The van der Waals surface area contributed by atoms with Crippen LogP contribution in [-0.4, -0.2) is 34.7 Å². The summed E-state index contributed by atoms with van der Waals surface area (Å²) in [5.41, 5.74) is 1.59. The molecule has 0 aromatic rings. The topological polar surface area (TPSA) is 62.0 Å². The van der Waals surface area contributed by atoms with E-state index in [9.17, 15) is 5.11 Å². The summed E-state index contributed by atoms with van der Waals surface area (Å²) in [4.78, 5) is 4.90. The highest BCUT2D eigenvalue weighted by Gasteiger charge is 2.27. The van der Waals surface area contributed by atoms with E-state index >= 15 is 0 Å². The minimum absolute atomic E-state index is 0.302. The SMILES string of the molecule is C=C(C)C1=NOC(C(O)CO)C1. The molecule has 0 radical (unpaired) electrons. The predicted molar refractivity (Wildman–Crippen MR) is 44.8 cm³/mol. The molecule has 1 aliphatic heterocycles. The third kappa shape index (κ3) is 1.84. The number of nitrogens with zero attached hydrogens (tertiary/aromatic N) is 1. The summed E-state index contributed by atoms with van der Waals surface area (Å²) in [6, 6.07) is 0. The summed E-state index contributed by atoms with van der Waals surface area (Å²) in [7, 11) is 0. The molecule has 68 valence electrons. The lowest BCUT2D eigenvalue weighted by Crippen LogP contribution is -2.29. The van der Waals surface area contributed by atoms with Crippen LogP contribution in [0.5, 0.6) is 0 Å². The van der Waals surface area contributed by atoms with E-state index in [1.807, 2.05) is 6.92 Å². The molecule has 0 aromatic heterocycles. The zero-order chi connectivity index (χ0) is 9.14. The zero-order valence-corrected chi connectivity index (χ0v) is 7.03. The molecule has 0 spiro atoms. The Kier molecular flexibility index (Phi) is 2.83. The van der Waals surface area contributed by atoms with E-state index < -0.39 is 12.2 Å². The molecule has 2 atom stereocenters. The lowest BCUT2D eigenvalue weighted by Gasteiger charge is -2.12. The quantitative estimate of drug-likeness (QED) is 0.631. The second kappa shape index (κ2) is 3.69. The van der Waals surface area contributed by atoms with Crippen molar-refractivity contribution in [2.45, 2.75) is 25.6 Å². The average Bonchev–Trinajstić information content (AvgIpc) is 2.51. The number of oxime groups is 1. The Morgan fingerprint density at radius 2 is 2.58 bits per heavy atom. The minimum Gasteiger partial charge on any atom is -0.394 e. The first-order valence-electron chi connectivity index (χ1n) is 3.82. The first kappa shape index (κ1) is 9.22. The maximum Gasteiger partial charge on any atom is 0.161 e. The van der Waals surface area contributed by atoms with E-state index in [-0.39, 0.29) is 6.61 Å². The van der Waals surface area contributed by atoms with Crippen molar-refractivity contribution in [1.29, 1.82) is 0 Å². The van der Waals surface area contributed by atoms with Crippen molar-refractivity contribution in [3.8, 4) is 0 Å². The van der Waals surface area contributed by atoms with Crippen LogP contribution in [0.4, 0.5) is 0 Å². The largest absolute Gasteiger partial charge is 0.394 e. The first-order chi connectivity index (χ1) is 5.65. The molecule has 0 saturated carbocycles. The fourth-order valence-corrected chi connectivity index (χ4v) is 0.972. The van der Waals surface area contributed by atoms with Gasteiger partial charge in [-0.05, 0) is 12.5 Å². The van der Waals surface area contributed by atoms with Crippen LogP contribution < -0.4 is 0 Å². The molecule has 0 amide bonds. The van der Waals surface area contributed by atoms with Gasteiger partial charge in [0.1, 0.15) is 6.10 Å². The fourth-order valence-electron chi connectivity index (χ4n) is 0.972. The van der Waals surface area contributed by atoms with Crippen LogP contribution >= 0.6 is 0 Å². The summed E-state index contributed by atoms with van der Waals surface area (Å²) in [5.74, 6) is 0. The maximum atomic E-state index is 9.18. The average molecular weight is 171 g/mol. The summed E-state index contributed by atoms with van der Waals surface area (Å²) in [6.45, 7) is 5.23. The number of rotatable bonds is 3. The second-order valence-electron chi connectivity index (χ2n) is 2.92. The summed E-state index contributed by atoms with van der Waals surface area (Å²) in [6.07, 6.45) is -0.746. The van der Waals surface area contributed by atoms with E-state index in [0.717, 1.165) is 11.3 Å². The van der Waals surface area contributed by atoms with E-state index in [1.54, 1.807) is 0 Å². The molecule has 1 aliphatic rings. The summed E-state index contributed by atoms with van der Waals surface area (Å²) in [5, 5.41) is 21.5. The molecule has 0 aromatic carbocycles. The van der Waals surface area contributed by atoms with Gasteiger partial charge in [0.25, 0.3) is 0 Å². The van der Waals surface area contributed by atoms with Crippen LogP contribution in [0.1, 0.15) is 13.3 Å². The van der Waals surface area contributed by atoms with Gasteiger partial charge in [0, 0.05) is 6.42 Å². The predicted octanol–water partition coefficient (Wildman–Crippen LogP) is 0.0606. The molecule has 1 rings (SSSR count). The van der Waals surface area contributed by atoms with Gasteiger partial charge in [-0.3, -0.25) is 0 Å². The van der Waals surface area contributed by atoms with Crippen LogP contribution in [0.15, 0.2) is 17.3 Å². The Bertz CT molecular complexity index is 212. The molecule has 12 heavy (non-hydrogen) atoms. The molecule has 1 heterocycles. The summed E-state index contributed by atoms with van der Waals surface area (Å²) < 4.78 is 0. The Hall–Kier alpha value is -0.870. The Morgan fingerprint density at radius 1 is 1.92 bits per heavy atom. The van der Waals surface area contributed by atoms with Crippen LogP contribution in [0.2, 0.25) is 0 Å². The number of hydrogen-bond acceptors (Lipinski definition) is 4. The molecule has 4 nitrogen and oxygen atoms in total. The van der Waals surface area contributed by atoms with Gasteiger partial charge >= 0.3 is 0 Å². The smallest absolute Gasteiger partial charge is 0.161 e. The highest BCUT2D eigenvalue weighted by Crippen LogP contribution is 2.17. The molecule has 0 saturated heterocycles. The zero-order valence-electron chi connectivity index (χ0n) is 7.03. The molecule has 0 fully saturated rings. The number of aliphatic hydroxyl groups excluding tert-OH is 2. The first-order valence-corrected chi connectivity index (χ1v) is 3.82. The van der Waals surface area contributed by atoms with E-state index in [1.165, 1.54) is 0 Å². The van der Waals surface area contributed by atoms with Gasteiger partial charge in [0.05, 0.1) is 12.3 Å². The van der Waals surface area contributed by atoms with Gasteiger partial charge in [-0.1, -0.05) is 11.7 Å². The van der Waals surface area contributed by atoms with Crippen molar-refractivity contribution in [1.82, 2.24) is 0 Å². The van der Waals surface area contributed by atoms with Crippen molar-refractivity contribution >= 4 is 5.71 Å². The summed E-state index contributed by atoms with van der Waals surface area (Å²) >= 11 is 0. The van der Waals surface area contributed by atoms with Crippen LogP contribution in [0.25, 0.3) is 0 Å². The van der Waals surface area contributed by atoms with E-state index in [0.29, 0.717) is 6.42 Å². The third-order valence-electron chi connectivity index (χ3n) is 1.80. The number of aliphatic hydroxyl groups is 2. The van der Waals surface area contributed by atoms with Gasteiger partial charge in [0.15, 0.2) is 6.10 Å². The van der Waals surface area contributed by atoms with Crippen molar-refractivity contribution in [2.24, 2.45) is 5.16 Å². The second-order valence-corrected chi connectivity index (χ2v) is 2.92. The molecular formula is C8H13NO3. The van der Waals surface area contributed by atoms with Gasteiger partial charge in [-0.25, -0.2) is 0 Å². The van der Waals surface area contributed by atoms with Crippen molar-refractivity contribution in [3.05, 3.63) is 12.2 Å². The molecule has 0 bridgehead atoms. The molecule has 2 N–H and O–H groups in total. The normalized spacial score (nSPS) is 24.6. The van der Waals surface area contributed by atoms with Crippen molar-refractivity contribution in [3.63, 3.8) is 0 Å². The molecule has 0 aliphatic carbocycles. The van der Waals surface area contributed by atoms with Gasteiger partial charge in [-0.2, -0.15) is 0 Å². The van der Waals surface area contributed by atoms with Crippen molar-refractivity contribution in [2.75, 3.05) is 6.61 Å². The fraction of sp³-hybridized carbons (Fsp3) is 0.625. The van der Waals surface area contributed by atoms with Crippen LogP contribution in [0.3, 0.4) is 0 Å². The Morgan fingerprint density at radius 3 is 3.00 bits per heavy atom. The Balaban J connectivity index is 2.46. The number of hydrogen-bond donors (Lipinski definition) is 2. The highest BCUT2D eigenvalue weighted by molar-refractivity contribution is 5.99. The molecular weight excluding hydrogens is 158 g/mol. The van der Waals surface area contributed by atoms with Crippen LogP contribution in [0, 0.1) is 0 Å². The van der Waals surface area contributed by atoms with Gasteiger partial charge in [0.2, 0.25) is 0 Å². The highest BCUT2D eigenvalue weighted by atomic mass is 16.7. The Labute approximate surface area is 71.1 Å². The molecule has 2 unspecified atom stereocenters. The molecule has 4 heteroatoms. The number of allylic oxidation sites excluding steroid dienone is 1. The third-order valence-corrected chi connectivity index (χ3v) is 1.80. The van der Waals surface area contributed by atoms with Gasteiger partial charge < -0.3 is 15.1 Å². The lowest BCUT2D eigenvalue weighted by atomic mass is 10.0. The van der Waals surface area contributed by atoms with Crippen LogP contribution in [-0.2, 0) is 4.84 Å². The van der Waals surface area contributed by atoms with E-state index in [4.69, 9.17) is 9.94 Å². The lowest BCUT2D eigenvalue weighted by molar-refractivity contribution is -0.0407. The van der Waals surface area contributed by atoms with E-state index in [2.05, 4.69) is 11.7 Å². The monoisotopic (exact) mass is 171 g/mol. The van der Waals surface area contributed by atoms with Crippen molar-refractivity contribution < 1.29 is 15.1 Å². The minimum atomic E-state index is -0.856. The van der Waals surface area contributed by atoms with Gasteiger partial charge in [-0.15, -0.1) is 0 Å².